The third-order valence-electron chi connectivity index (χ3n) is 3.07. The van der Waals surface area contributed by atoms with Crippen LogP contribution in [0.15, 0.2) is 60.4 Å². The molecule has 0 heterocycles. The Morgan fingerprint density at radius 1 is 1.19 bits per heavy atom. The molecule has 0 aliphatic carbocycles. The van der Waals surface area contributed by atoms with Gasteiger partial charge in [0.1, 0.15) is 0 Å². The molecule has 0 fully saturated rings. The van der Waals surface area contributed by atoms with Crippen LogP contribution < -0.4 is 0 Å². The Labute approximate surface area is 122 Å². The molecule has 0 bridgehead atoms. The van der Waals surface area contributed by atoms with Crippen molar-refractivity contribution in [2.75, 3.05) is 14.2 Å². The Balaban J connectivity index is 2.14. The summed E-state index contributed by atoms with van der Waals surface area (Å²) in [5.74, 6) is -1.70. The van der Waals surface area contributed by atoms with Crippen LogP contribution in [0.1, 0.15) is 5.56 Å². The average molecular weight is 285 g/mol. The van der Waals surface area contributed by atoms with Crippen molar-refractivity contribution < 1.29 is 14.0 Å². The lowest BCUT2D eigenvalue weighted by molar-refractivity contribution is -0.165. The molecule has 2 aromatic carbocycles. The lowest BCUT2D eigenvalue weighted by Crippen LogP contribution is -2.25. The fraction of sp³-hybridized carbons (Fsp3) is 0.118. The van der Waals surface area contributed by atoms with Gasteiger partial charge in [-0.25, -0.2) is 9.45 Å². The van der Waals surface area contributed by atoms with Gasteiger partial charge in [-0.15, -0.1) is 0 Å². The Morgan fingerprint density at radius 2 is 1.90 bits per heavy atom. The lowest BCUT2D eigenvalue weighted by Gasteiger charge is -2.11. The number of halogens is 1. The predicted octanol–water partition coefficient (Wildman–Crippen LogP) is 3.73. The van der Waals surface area contributed by atoms with Crippen molar-refractivity contribution in [2.24, 2.45) is 0 Å². The van der Waals surface area contributed by atoms with Crippen LogP contribution >= 0.6 is 0 Å². The van der Waals surface area contributed by atoms with E-state index in [1.54, 1.807) is 6.08 Å². The molecular formula is C17H16FNO2. The first-order chi connectivity index (χ1) is 10.1. The van der Waals surface area contributed by atoms with Gasteiger partial charge in [0.15, 0.2) is 5.83 Å². The van der Waals surface area contributed by atoms with Crippen LogP contribution in [-0.4, -0.2) is 25.1 Å². The van der Waals surface area contributed by atoms with Gasteiger partial charge in [0.25, 0.3) is 0 Å². The van der Waals surface area contributed by atoms with E-state index in [1.807, 2.05) is 42.5 Å². The minimum Gasteiger partial charge on any atom is -0.274 e. The summed E-state index contributed by atoms with van der Waals surface area (Å²) in [4.78, 5) is 16.0. The number of carbonyl (C=O) groups is 1. The summed E-state index contributed by atoms with van der Waals surface area (Å²) in [5.41, 5.74) is 0.935. The quantitative estimate of drug-likeness (QED) is 0.487. The number of benzene rings is 2. The Kier molecular flexibility index (Phi) is 4.85. The van der Waals surface area contributed by atoms with Crippen molar-refractivity contribution in [3.8, 4) is 0 Å². The van der Waals surface area contributed by atoms with Crippen molar-refractivity contribution in [3.63, 3.8) is 0 Å². The second-order valence-corrected chi connectivity index (χ2v) is 4.47. The van der Waals surface area contributed by atoms with E-state index in [9.17, 15) is 9.18 Å². The summed E-state index contributed by atoms with van der Waals surface area (Å²) >= 11 is 0. The van der Waals surface area contributed by atoms with Gasteiger partial charge in [0, 0.05) is 7.05 Å². The highest BCUT2D eigenvalue weighted by Gasteiger charge is 2.12. The zero-order valence-electron chi connectivity index (χ0n) is 11.9. The highest BCUT2D eigenvalue weighted by atomic mass is 19.1. The van der Waals surface area contributed by atoms with Crippen LogP contribution in [0, 0.1) is 0 Å². The number of carbonyl (C=O) groups excluding carboxylic acids is 1. The third kappa shape index (κ3) is 3.77. The normalized spacial score (nSPS) is 12.0. The average Bonchev–Trinajstić information content (AvgIpc) is 2.53. The van der Waals surface area contributed by atoms with Gasteiger partial charge < -0.3 is 0 Å². The van der Waals surface area contributed by atoms with Gasteiger partial charge in [0.2, 0.25) is 0 Å². The Hall–Kier alpha value is -2.46. The highest BCUT2D eigenvalue weighted by Crippen LogP contribution is 2.16. The van der Waals surface area contributed by atoms with E-state index in [4.69, 9.17) is 0 Å². The van der Waals surface area contributed by atoms with Crippen LogP contribution in [0.4, 0.5) is 4.39 Å². The van der Waals surface area contributed by atoms with Gasteiger partial charge in [-0.05, 0) is 28.5 Å². The standard InChI is InChI=1S/C17H16FNO2/c1-19(21-2)17(20)16(18)9-5-6-13-10-11-14-7-3-4-8-15(14)12-13/h3-12H,1-2H3/b6-5-,16-9-. The summed E-state index contributed by atoms with van der Waals surface area (Å²) < 4.78 is 13.5. The van der Waals surface area contributed by atoms with Crippen LogP contribution in [0.5, 0.6) is 0 Å². The molecule has 4 heteroatoms. The summed E-state index contributed by atoms with van der Waals surface area (Å²) in [6, 6.07) is 13.9. The van der Waals surface area contributed by atoms with Gasteiger partial charge in [-0.2, -0.15) is 0 Å². The largest absolute Gasteiger partial charge is 0.305 e. The van der Waals surface area contributed by atoms with Gasteiger partial charge in [-0.1, -0.05) is 48.6 Å². The number of hydrogen-bond donors (Lipinski definition) is 0. The minimum absolute atomic E-state index is 0.819. The molecule has 0 aromatic heterocycles. The molecule has 2 aromatic rings. The van der Waals surface area contributed by atoms with E-state index in [0.29, 0.717) is 0 Å². The fourth-order valence-electron chi connectivity index (χ4n) is 1.86. The summed E-state index contributed by atoms with van der Waals surface area (Å²) in [6.45, 7) is 0. The Morgan fingerprint density at radius 3 is 2.62 bits per heavy atom. The van der Waals surface area contributed by atoms with E-state index in [2.05, 4.69) is 4.84 Å². The number of amides is 1. The third-order valence-corrected chi connectivity index (χ3v) is 3.07. The van der Waals surface area contributed by atoms with E-state index >= 15 is 0 Å². The first kappa shape index (κ1) is 14.9. The number of rotatable bonds is 4. The predicted molar refractivity (Wildman–Crippen MR) is 82.0 cm³/mol. The number of allylic oxidation sites excluding steroid dienone is 2. The molecular weight excluding hydrogens is 269 g/mol. The van der Waals surface area contributed by atoms with Crippen LogP contribution in [0.3, 0.4) is 0 Å². The number of likely N-dealkylation sites (N-methyl/N-ethyl adjacent to an activating group) is 1. The van der Waals surface area contributed by atoms with Crippen molar-refractivity contribution in [1.29, 1.82) is 0 Å². The molecule has 0 spiro atoms. The summed E-state index contributed by atoms with van der Waals surface area (Å²) in [7, 11) is 2.65. The van der Waals surface area contributed by atoms with Gasteiger partial charge >= 0.3 is 5.91 Å². The van der Waals surface area contributed by atoms with E-state index in [1.165, 1.54) is 20.2 Å². The molecule has 108 valence electrons. The molecule has 2 rings (SSSR count). The van der Waals surface area contributed by atoms with Crippen LogP contribution in [0.2, 0.25) is 0 Å². The van der Waals surface area contributed by atoms with Crippen molar-refractivity contribution >= 4 is 22.8 Å². The topological polar surface area (TPSA) is 29.5 Å². The molecule has 0 atom stereocenters. The monoisotopic (exact) mass is 285 g/mol. The molecule has 0 radical (unpaired) electrons. The smallest absolute Gasteiger partial charge is 0.274 e. The molecule has 0 unspecified atom stereocenters. The minimum atomic E-state index is -0.878. The highest BCUT2D eigenvalue weighted by molar-refractivity contribution is 5.90. The van der Waals surface area contributed by atoms with Gasteiger partial charge in [0.05, 0.1) is 7.11 Å². The molecule has 0 saturated heterocycles. The van der Waals surface area contributed by atoms with E-state index in [0.717, 1.165) is 27.5 Å². The second-order valence-electron chi connectivity index (χ2n) is 4.47. The first-order valence-corrected chi connectivity index (χ1v) is 6.46. The van der Waals surface area contributed by atoms with Gasteiger partial charge in [-0.3, -0.25) is 9.63 Å². The molecule has 21 heavy (non-hydrogen) atoms. The molecule has 1 amide bonds. The molecule has 0 aliphatic heterocycles. The molecule has 3 nitrogen and oxygen atoms in total. The zero-order chi connectivity index (χ0) is 15.2. The molecule has 0 aliphatic rings. The number of fused-ring (bicyclic) bond motifs is 1. The number of nitrogens with zero attached hydrogens (tertiary/aromatic N) is 1. The SMILES string of the molecule is CON(C)C(=O)/C(F)=C/C=C\c1ccc2ccccc2c1. The number of hydroxylamine groups is 2. The van der Waals surface area contributed by atoms with Crippen molar-refractivity contribution in [2.45, 2.75) is 0 Å². The maximum absolute atomic E-state index is 13.5. The molecule has 0 saturated carbocycles. The first-order valence-electron chi connectivity index (χ1n) is 6.46. The maximum atomic E-state index is 13.5. The maximum Gasteiger partial charge on any atom is 0.305 e. The zero-order valence-corrected chi connectivity index (χ0v) is 11.9. The second kappa shape index (κ2) is 6.81. The van der Waals surface area contributed by atoms with Crippen LogP contribution in [-0.2, 0) is 9.63 Å². The summed E-state index contributed by atoms with van der Waals surface area (Å²) in [6.07, 6.45) is 4.36. The van der Waals surface area contributed by atoms with E-state index < -0.39 is 11.7 Å². The van der Waals surface area contributed by atoms with Crippen LogP contribution in [0.25, 0.3) is 16.8 Å². The number of hydrogen-bond acceptors (Lipinski definition) is 2. The fourth-order valence-corrected chi connectivity index (χ4v) is 1.86. The molecule has 0 N–H and O–H groups in total. The Bertz CT molecular complexity index is 707. The van der Waals surface area contributed by atoms with Crippen molar-refractivity contribution in [1.82, 2.24) is 5.06 Å². The van der Waals surface area contributed by atoms with Crippen molar-refractivity contribution in [3.05, 3.63) is 66.0 Å². The summed E-state index contributed by atoms with van der Waals surface area (Å²) in [5, 5.41) is 3.09. The lowest BCUT2D eigenvalue weighted by atomic mass is 10.1. The van der Waals surface area contributed by atoms with E-state index in [-0.39, 0.29) is 0 Å².